The molecule has 2 atom stereocenters. The van der Waals surface area contributed by atoms with Crippen LogP contribution >= 0.6 is 0 Å². The highest BCUT2D eigenvalue weighted by atomic mass is 16.5. The summed E-state index contributed by atoms with van der Waals surface area (Å²) in [5.41, 5.74) is 5.98. The van der Waals surface area contributed by atoms with Gasteiger partial charge in [0.2, 0.25) is 0 Å². The van der Waals surface area contributed by atoms with Crippen molar-refractivity contribution in [3.8, 4) is 0 Å². The van der Waals surface area contributed by atoms with Crippen LogP contribution in [-0.2, 0) is 4.74 Å². The average molecular weight is 240 g/mol. The van der Waals surface area contributed by atoms with E-state index in [-0.39, 0.29) is 0 Å². The topological polar surface area (TPSA) is 38.5 Å². The Kier molecular flexibility index (Phi) is 4.83. The molecule has 0 aromatic carbocycles. The van der Waals surface area contributed by atoms with Crippen LogP contribution in [0.1, 0.15) is 51.9 Å². The minimum absolute atomic E-state index is 0.456. The molecular formula is C14H28N2O. The Morgan fingerprint density at radius 2 is 1.82 bits per heavy atom. The SMILES string of the molecule is CCC1CC(N(C)C2CCC(N)CC2)CCO1. The van der Waals surface area contributed by atoms with E-state index in [0.29, 0.717) is 12.1 Å². The van der Waals surface area contributed by atoms with Crippen LogP contribution in [0, 0.1) is 0 Å². The standard InChI is InChI=1S/C14H28N2O/c1-3-14-10-13(8-9-17-14)16(2)12-6-4-11(15)5-7-12/h11-14H,3-10,15H2,1-2H3. The van der Waals surface area contributed by atoms with Gasteiger partial charge >= 0.3 is 0 Å². The highest BCUT2D eigenvalue weighted by Gasteiger charge is 2.30. The van der Waals surface area contributed by atoms with E-state index in [4.69, 9.17) is 10.5 Å². The van der Waals surface area contributed by atoms with Crippen molar-refractivity contribution in [2.75, 3.05) is 13.7 Å². The van der Waals surface area contributed by atoms with Crippen molar-refractivity contribution < 1.29 is 4.74 Å². The zero-order valence-electron chi connectivity index (χ0n) is 11.4. The molecular weight excluding hydrogens is 212 g/mol. The quantitative estimate of drug-likeness (QED) is 0.821. The van der Waals surface area contributed by atoms with Gasteiger partial charge < -0.3 is 15.4 Å². The Labute approximate surface area is 106 Å². The molecule has 2 rings (SSSR count). The molecule has 0 spiro atoms. The Morgan fingerprint density at radius 1 is 1.12 bits per heavy atom. The molecule has 0 amide bonds. The van der Waals surface area contributed by atoms with E-state index in [9.17, 15) is 0 Å². The fourth-order valence-electron chi connectivity index (χ4n) is 3.32. The van der Waals surface area contributed by atoms with Crippen LogP contribution in [0.2, 0.25) is 0 Å². The molecule has 3 heteroatoms. The molecule has 1 aliphatic carbocycles. The van der Waals surface area contributed by atoms with Gasteiger partial charge in [-0.25, -0.2) is 0 Å². The first-order chi connectivity index (χ1) is 8.20. The zero-order valence-corrected chi connectivity index (χ0v) is 11.4. The Morgan fingerprint density at radius 3 is 2.47 bits per heavy atom. The highest BCUT2D eigenvalue weighted by molar-refractivity contribution is 4.85. The fraction of sp³-hybridized carbons (Fsp3) is 1.00. The monoisotopic (exact) mass is 240 g/mol. The summed E-state index contributed by atoms with van der Waals surface area (Å²) in [4.78, 5) is 2.62. The molecule has 17 heavy (non-hydrogen) atoms. The van der Waals surface area contributed by atoms with Gasteiger partial charge in [0.25, 0.3) is 0 Å². The van der Waals surface area contributed by atoms with Gasteiger partial charge in [-0.3, -0.25) is 0 Å². The lowest BCUT2D eigenvalue weighted by Gasteiger charge is -2.41. The van der Waals surface area contributed by atoms with E-state index in [2.05, 4.69) is 18.9 Å². The smallest absolute Gasteiger partial charge is 0.0587 e. The number of rotatable bonds is 3. The first kappa shape index (κ1) is 13.3. The van der Waals surface area contributed by atoms with Crippen LogP contribution < -0.4 is 5.73 Å². The van der Waals surface area contributed by atoms with Gasteiger partial charge in [0.05, 0.1) is 6.10 Å². The summed E-state index contributed by atoms with van der Waals surface area (Å²) >= 11 is 0. The molecule has 2 fully saturated rings. The molecule has 1 heterocycles. The van der Waals surface area contributed by atoms with Gasteiger partial charge in [0.15, 0.2) is 0 Å². The highest BCUT2D eigenvalue weighted by Crippen LogP contribution is 2.27. The molecule has 0 bridgehead atoms. The van der Waals surface area contributed by atoms with E-state index in [1.165, 1.54) is 38.5 Å². The third-order valence-corrected chi connectivity index (χ3v) is 4.69. The maximum atomic E-state index is 5.98. The van der Waals surface area contributed by atoms with Gasteiger partial charge in [-0.15, -0.1) is 0 Å². The summed E-state index contributed by atoms with van der Waals surface area (Å²) in [5, 5.41) is 0. The van der Waals surface area contributed by atoms with Crippen LogP contribution in [-0.4, -0.2) is 42.8 Å². The summed E-state index contributed by atoms with van der Waals surface area (Å²) in [7, 11) is 2.31. The summed E-state index contributed by atoms with van der Waals surface area (Å²) < 4.78 is 5.77. The molecule has 1 aliphatic heterocycles. The van der Waals surface area contributed by atoms with Crippen LogP contribution in [0.15, 0.2) is 0 Å². The molecule has 2 aliphatic rings. The molecule has 2 N–H and O–H groups in total. The van der Waals surface area contributed by atoms with Crippen molar-refractivity contribution >= 4 is 0 Å². The predicted octanol–water partition coefficient (Wildman–Crippen LogP) is 2.15. The molecule has 1 saturated carbocycles. The van der Waals surface area contributed by atoms with Crippen LogP contribution in [0.3, 0.4) is 0 Å². The molecule has 100 valence electrons. The molecule has 0 aromatic heterocycles. The second-order valence-corrected chi connectivity index (χ2v) is 5.81. The van der Waals surface area contributed by atoms with Gasteiger partial charge in [0.1, 0.15) is 0 Å². The largest absolute Gasteiger partial charge is 0.378 e. The lowest BCUT2D eigenvalue weighted by molar-refractivity contribution is -0.0346. The van der Waals surface area contributed by atoms with E-state index in [1.54, 1.807) is 0 Å². The Balaban J connectivity index is 1.84. The molecule has 3 nitrogen and oxygen atoms in total. The second kappa shape index (κ2) is 6.17. The van der Waals surface area contributed by atoms with Crippen molar-refractivity contribution in [2.24, 2.45) is 5.73 Å². The summed E-state index contributed by atoms with van der Waals surface area (Å²) in [5.74, 6) is 0. The van der Waals surface area contributed by atoms with Crippen LogP contribution in [0.25, 0.3) is 0 Å². The van der Waals surface area contributed by atoms with Crippen molar-refractivity contribution in [3.63, 3.8) is 0 Å². The minimum Gasteiger partial charge on any atom is -0.378 e. The first-order valence-electron chi connectivity index (χ1n) is 7.29. The predicted molar refractivity (Wildman–Crippen MR) is 71.0 cm³/mol. The minimum atomic E-state index is 0.456. The number of nitrogens with two attached hydrogens (primary N) is 1. The summed E-state index contributed by atoms with van der Waals surface area (Å²) in [6.45, 7) is 3.17. The number of hydrogen-bond donors (Lipinski definition) is 1. The number of hydrogen-bond acceptors (Lipinski definition) is 3. The lowest BCUT2D eigenvalue weighted by atomic mass is 9.89. The zero-order chi connectivity index (χ0) is 12.3. The van der Waals surface area contributed by atoms with E-state index >= 15 is 0 Å². The molecule has 0 aromatic rings. The fourth-order valence-corrected chi connectivity index (χ4v) is 3.32. The maximum Gasteiger partial charge on any atom is 0.0587 e. The first-order valence-corrected chi connectivity index (χ1v) is 7.29. The van der Waals surface area contributed by atoms with Gasteiger partial charge in [-0.2, -0.15) is 0 Å². The van der Waals surface area contributed by atoms with Gasteiger partial charge in [0, 0.05) is 24.7 Å². The normalized spacial score (nSPS) is 39.5. The Bertz CT molecular complexity index is 226. The number of ether oxygens (including phenoxy) is 1. The van der Waals surface area contributed by atoms with Crippen LogP contribution in [0.5, 0.6) is 0 Å². The molecule has 1 saturated heterocycles. The van der Waals surface area contributed by atoms with Gasteiger partial charge in [-0.05, 0) is 52.0 Å². The Hall–Kier alpha value is -0.120. The molecule has 0 radical (unpaired) electrons. The summed E-state index contributed by atoms with van der Waals surface area (Å²) in [6.07, 6.45) is 9.04. The van der Waals surface area contributed by atoms with Gasteiger partial charge in [-0.1, -0.05) is 6.92 Å². The second-order valence-electron chi connectivity index (χ2n) is 5.81. The number of nitrogens with zero attached hydrogens (tertiary/aromatic N) is 1. The van der Waals surface area contributed by atoms with E-state index in [1.807, 2.05) is 0 Å². The third-order valence-electron chi connectivity index (χ3n) is 4.69. The van der Waals surface area contributed by atoms with Crippen LogP contribution in [0.4, 0.5) is 0 Å². The summed E-state index contributed by atoms with van der Waals surface area (Å²) in [6, 6.07) is 1.95. The van der Waals surface area contributed by atoms with Crippen molar-refractivity contribution in [3.05, 3.63) is 0 Å². The third kappa shape index (κ3) is 3.43. The average Bonchev–Trinajstić information content (AvgIpc) is 2.39. The van der Waals surface area contributed by atoms with Crippen molar-refractivity contribution in [2.45, 2.75) is 76.1 Å². The molecule has 2 unspecified atom stereocenters. The van der Waals surface area contributed by atoms with Crippen molar-refractivity contribution in [1.29, 1.82) is 0 Å². The van der Waals surface area contributed by atoms with E-state index in [0.717, 1.165) is 25.1 Å². The maximum absolute atomic E-state index is 5.98. The lowest BCUT2D eigenvalue weighted by Crippen LogP contribution is -2.47. The van der Waals surface area contributed by atoms with E-state index < -0.39 is 0 Å². The van der Waals surface area contributed by atoms with Crippen molar-refractivity contribution in [1.82, 2.24) is 4.90 Å².